The second kappa shape index (κ2) is 7.88. The fourth-order valence-corrected chi connectivity index (χ4v) is 3.10. The first-order valence-corrected chi connectivity index (χ1v) is 6.50. The van der Waals surface area contributed by atoms with E-state index < -0.39 is 0 Å². The second-order valence-electron chi connectivity index (χ2n) is 5.43. The molecule has 4 fully saturated rings. The predicted molar refractivity (Wildman–Crippen MR) is 75.8 cm³/mol. The van der Waals surface area contributed by atoms with Crippen LogP contribution < -0.4 is 10.6 Å². The molecule has 0 amide bonds. The molecule has 0 aromatic heterocycles. The lowest BCUT2D eigenvalue weighted by atomic mass is 10.0. The molecule has 2 N–H and O–H groups in total. The largest absolute Gasteiger partial charge is 0.381 e. The molecule has 0 aromatic rings. The molecule has 0 aliphatic carbocycles. The van der Waals surface area contributed by atoms with Gasteiger partial charge in [-0.05, 0) is 0 Å². The molecule has 4 aliphatic heterocycles. The number of hydrogen-bond acceptors (Lipinski definition) is 4. The van der Waals surface area contributed by atoms with Crippen LogP contribution >= 0.6 is 24.8 Å². The third kappa shape index (κ3) is 3.71. The molecule has 4 nitrogen and oxygen atoms in total. The third-order valence-corrected chi connectivity index (χ3v) is 4.29. The van der Waals surface area contributed by atoms with Crippen LogP contribution in [0.25, 0.3) is 0 Å². The Morgan fingerprint density at radius 3 is 1.11 bits per heavy atom. The maximum Gasteiger partial charge on any atom is 0.0510 e. The predicted octanol–water partition coefficient (Wildman–Crippen LogP) is 0.548. The van der Waals surface area contributed by atoms with Crippen molar-refractivity contribution in [2.75, 3.05) is 52.6 Å². The van der Waals surface area contributed by atoms with E-state index in [-0.39, 0.29) is 24.8 Å². The molecule has 0 spiro atoms. The van der Waals surface area contributed by atoms with E-state index in [1.807, 2.05) is 0 Å². The quantitative estimate of drug-likeness (QED) is 0.685. The summed E-state index contributed by atoms with van der Waals surface area (Å²) >= 11 is 0. The van der Waals surface area contributed by atoms with E-state index >= 15 is 0 Å². The normalized spacial score (nSPS) is 40.0. The van der Waals surface area contributed by atoms with Crippen molar-refractivity contribution in [3.63, 3.8) is 0 Å². The van der Waals surface area contributed by atoms with E-state index in [9.17, 15) is 0 Å². The van der Waals surface area contributed by atoms with Gasteiger partial charge in [0, 0.05) is 49.9 Å². The summed E-state index contributed by atoms with van der Waals surface area (Å²) in [6.07, 6.45) is 0. The van der Waals surface area contributed by atoms with Gasteiger partial charge >= 0.3 is 0 Å². The minimum Gasteiger partial charge on any atom is -0.381 e. The number of ether oxygens (including phenoxy) is 2. The molecule has 0 radical (unpaired) electrons. The topological polar surface area (TPSA) is 42.5 Å². The van der Waals surface area contributed by atoms with Crippen LogP contribution in [0.15, 0.2) is 0 Å². The Hall–Kier alpha value is 0.420. The Kier molecular flexibility index (Phi) is 7.21. The van der Waals surface area contributed by atoms with Gasteiger partial charge in [0.2, 0.25) is 0 Å². The summed E-state index contributed by atoms with van der Waals surface area (Å²) in [5, 5.41) is 6.69. The van der Waals surface area contributed by atoms with Gasteiger partial charge in [-0.25, -0.2) is 0 Å². The molecule has 0 bridgehead atoms. The highest BCUT2D eigenvalue weighted by atomic mass is 35.5. The van der Waals surface area contributed by atoms with Gasteiger partial charge in [-0.1, -0.05) is 0 Å². The van der Waals surface area contributed by atoms with Crippen LogP contribution in [0.4, 0.5) is 0 Å². The van der Waals surface area contributed by atoms with E-state index in [1.165, 1.54) is 26.2 Å². The molecule has 6 heteroatoms. The molecule has 4 heterocycles. The summed E-state index contributed by atoms with van der Waals surface area (Å²) in [4.78, 5) is 0. The SMILES string of the molecule is C1NC[C@H]2COC[C@@H]12.C1NC[C@H]2COC[C@@H]12.Cl.Cl. The molecule has 108 valence electrons. The van der Waals surface area contributed by atoms with Gasteiger partial charge in [-0.15, -0.1) is 24.8 Å². The Morgan fingerprint density at radius 1 is 0.556 bits per heavy atom. The number of hydrogen-bond donors (Lipinski definition) is 2. The Balaban J connectivity index is 0.000000162. The minimum absolute atomic E-state index is 0. The molecule has 4 saturated heterocycles. The van der Waals surface area contributed by atoms with Crippen molar-refractivity contribution in [1.82, 2.24) is 10.6 Å². The standard InChI is InChI=1S/2C6H11NO.2ClH/c2*1-5-3-8-4-6(5)2-7-1;;/h2*5-7H,1-4H2;2*1H/t2*5-,6+;;. The van der Waals surface area contributed by atoms with Gasteiger partial charge in [0.15, 0.2) is 0 Å². The molecule has 4 atom stereocenters. The molecular weight excluding hydrogens is 275 g/mol. The highest BCUT2D eigenvalue weighted by Gasteiger charge is 2.32. The average Bonchev–Trinajstić information content (AvgIpc) is 2.99. The lowest BCUT2D eigenvalue weighted by Crippen LogP contribution is -2.11. The smallest absolute Gasteiger partial charge is 0.0510 e. The van der Waals surface area contributed by atoms with Crippen LogP contribution in [0.3, 0.4) is 0 Å². The molecule has 0 unspecified atom stereocenters. The monoisotopic (exact) mass is 298 g/mol. The van der Waals surface area contributed by atoms with Crippen molar-refractivity contribution in [3.8, 4) is 0 Å². The van der Waals surface area contributed by atoms with Crippen LogP contribution in [-0.4, -0.2) is 52.6 Å². The summed E-state index contributed by atoms with van der Waals surface area (Å²) in [7, 11) is 0. The van der Waals surface area contributed by atoms with Gasteiger partial charge < -0.3 is 20.1 Å². The molecule has 18 heavy (non-hydrogen) atoms. The van der Waals surface area contributed by atoms with E-state index in [1.54, 1.807) is 0 Å². The first-order chi connectivity index (χ1) is 7.93. The molecule has 4 rings (SSSR count). The van der Waals surface area contributed by atoms with Gasteiger partial charge in [0.1, 0.15) is 0 Å². The number of fused-ring (bicyclic) bond motifs is 2. The number of halogens is 2. The molecule has 0 aromatic carbocycles. The van der Waals surface area contributed by atoms with Crippen molar-refractivity contribution in [3.05, 3.63) is 0 Å². The van der Waals surface area contributed by atoms with Gasteiger partial charge in [-0.3, -0.25) is 0 Å². The van der Waals surface area contributed by atoms with Crippen molar-refractivity contribution >= 4 is 24.8 Å². The summed E-state index contributed by atoms with van der Waals surface area (Å²) in [6, 6.07) is 0. The molecule has 0 saturated carbocycles. The van der Waals surface area contributed by atoms with Crippen LogP contribution in [0, 0.1) is 23.7 Å². The Morgan fingerprint density at radius 2 is 0.833 bits per heavy atom. The van der Waals surface area contributed by atoms with E-state index in [4.69, 9.17) is 9.47 Å². The van der Waals surface area contributed by atoms with E-state index in [0.29, 0.717) is 0 Å². The lowest BCUT2D eigenvalue weighted by molar-refractivity contribution is 0.175. The summed E-state index contributed by atoms with van der Waals surface area (Å²) < 4.78 is 10.5. The van der Waals surface area contributed by atoms with Crippen molar-refractivity contribution in [2.45, 2.75) is 0 Å². The fourth-order valence-electron chi connectivity index (χ4n) is 3.10. The fraction of sp³-hybridized carbons (Fsp3) is 1.00. The first-order valence-electron chi connectivity index (χ1n) is 6.50. The van der Waals surface area contributed by atoms with Crippen LogP contribution in [-0.2, 0) is 9.47 Å². The lowest BCUT2D eigenvalue weighted by Gasteiger charge is -1.99. The first kappa shape index (κ1) is 16.5. The van der Waals surface area contributed by atoms with Crippen molar-refractivity contribution in [1.29, 1.82) is 0 Å². The third-order valence-electron chi connectivity index (χ3n) is 4.29. The Bertz CT molecular complexity index is 182. The van der Waals surface area contributed by atoms with Crippen molar-refractivity contribution in [2.24, 2.45) is 23.7 Å². The van der Waals surface area contributed by atoms with Gasteiger partial charge in [-0.2, -0.15) is 0 Å². The van der Waals surface area contributed by atoms with Crippen LogP contribution in [0.5, 0.6) is 0 Å². The molecular formula is C12H24Cl2N2O2. The highest BCUT2D eigenvalue weighted by molar-refractivity contribution is 5.85. The zero-order valence-corrected chi connectivity index (χ0v) is 12.2. The second-order valence-corrected chi connectivity index (χ2v) is 5.43. The zero-order valence-electron chi connectivity index (χ0n) is 10.6. The minimum atomic E-state index is 0. The summed E-state index contributed by atoms with van der Waals surface area (Å²) in [5.41, 5.74) is 0. The van der Waals surface area contributed by atoms with Crippen molar-refractivity contribution < 1.29 is 9.47 Å². The Labute approximate surface area is 121 Å². The van der Waals surface area contributed by atoms with E-state index in [2.05, 4.69) is 10.6 Å². The van der Waals surface area contributed by atoms with Gasteiger partial charge in [0.05, 0.1) is 26.4 Å². The maximum absolute atomic E-state index is 5.27. The van der Waals surface area contributed by atoms with Gasteiger partial charge in [0.25, 0.3) is 0 Å². The van der Waals surface area contributed by atoms with Crippen LogP contribution in [0.2, 0.25) is 0 Å². The highest BCUT2D eigenvalue weighted by Crippen LogP contribution is 2.23. The van der Waals surface area contributed by atoms with E-state index in [0.717, 1.165) is 50.1 Å². The molecule has 4 aliphatic rings. The zero-order chi connectivity index (χ0) is 10.8. The van der Waals surface area contributed by atoms with Crippen LogP contribution in [0.1, 0.15) is 0 Å². The number of nitrogens with one attached hydrogen (secondary N) is 2. The average molecular weight is 299 g/mol. The number of rotatable bonds is 0. The maximum atomic E-state index is 5.27. The summed E-state index contributed by atoms with van der Waals surface area (Å²) in [5.74, 6) is 3.37. The summed E-state index contributed by atoms with van der Waals surface area (Å²) in [6.45, 7) is 8.73.